The predicted octanol–water partition coefficient (Wildman–Crippen LogP) is 2.15. The smallest absolute Gasteiger partial charge is 0.263 e. The van der Waals surface area contributed by atoms with Crippen LogP contribution < -0.4 is 5.32 Å². The van der Waals surface area contributed by atoms with E-state index < -0.39 is 17.9 Å². The molecule has 2 aliphatic heterocycles. The molecule has 2 aromatic rings. The molecule has 3 heterocycles. The molecule has 29 heavy (non-hydrogen) atoms. The van der Waals surface area contributed by atoms with E-state index in [1.807, 2.05) is 17.5 Å². The normalized spacial score (nSPS) is 18.0. The van der Waals surface area contributed by atoms with Gasteiger partial charge < -0.3 is 10.2 Å². The van der Waals surface area contributed by atoms with Gasteiger partial charge >= 0.3 is 0 Å². The molecule has 7 nitrogen and oxygen atoms in total. The predicted molar refractivity (Wildman–Crippen MR) is 108 cm³/mol. The van der Waals surface area contributed by atoms with E-state index in [-0.39, 0.29) is 17.9 Å². The van der Waals surface area contributed by atoms with E-state index in [1.165, 1.54) is 11.3 Å². The Kier molecular flexibility index (Phi) is 5.19. The van der Waals surface area contributed by atoms with Crippen LogP contribution in [0.1, 0.15) is 50.2 Å². The lowest BCUT2D eigenvalue weighted by Gasteiger charge is -2.33. The molecule has 0 spiro atoms. The van der Waals surface area contributed by atoms with Gasteiger partial charge in [0.25, 0.3) is 17.7 Å². The van der Waals surface area contributed by atoms with Gasteiger partial charge in [-0.1, -0.05) is 18.2 Å². The first-order valence-corrected chi connectivity index (χ1v) is 10.5. The number of likely N-dealkylation sites (tertiary alicyclic amines) is 1. The van der Waals surface area contributed by atoms with E-state index in [1.54, 1.807) is 36.1 Å². The lowest BCUT2D eigenvalue weighted by molar-refractivity contribution is -0.125. The van der Waals surface area contributed by atoms with Crippen molar-refractivity contribution in [1.29, 1.82) is 0 Å². The van der Waals surface area contributed by atoms with Crippen molar-refractivity contribution in [1.82, 2.24) is 15.1 Å². The van der Waals surface area contributed by atoms with Gasteiger partial charge in [-0.2, -0.15) is 0 Å². The number of piperidine rings is 1. The molecule has 150 valence electrons. The molecular weight excluding hydrogens is 390 g/mol. The fourth-order valence-electron chi connectivity index (χ4n) is 3.78. The Bertz CT molecular complexity index is 929. The zero-order valence-corrected chi connectivity index (χ0v) is 16.8. The zero-order valence-electron chi connectivity index (χ0n) is 16.0. The van der Waals surface area contributed by atoms with Crippen molar-refractivity contribution in [3.05, 3.63) is 57.8 Å². The van der Waals surface area contributed by atoms with Crippen molar-refractivity contribution >= 4 is 35.0 Å². The summed E-state index contributed by atoms with van der Waals surface area (Å²) in [6.07, 6.45) is 1.27. The van der Waals surface area contributed by atoms with Crippen LogP contribution in [-0.4, -0.2) is 58.6 Å². The summed E-state index contributed by atoms with van der Waals surface area (Å²) in [6.45, 7) is 2.68. The number of hydrogen-bond acceptors (Lipinski definition) is 5. The number of nitrogens with zero attached hydrogens (tertiary/aromatic N) is 2. The van der Waals surface area contributed by atoms with Gasteiger partial charge in [0.1, 0.15) is 6.04 Å². The molecule has 0 bridgehead atoms. The molecule has 1 aromatic heterocycles. The number of fused-ring (bicyclic) bond motifs is 1. The molecule has 8 heteroatoms. The topological polar surface area (TPSA) is 86.8 Å². The average Bonchev–Trinajstić information content (AvgIpc) is 3.36. The summed E-state index contributed by atoms with van der Waals surface area (Å²) in [4.78, 5) is 53.8. The number of benzene rings is 1. The third kappa shape index (κ3) is 3.55. The van der Waals surface area contributed by atoms with E-state index in [9.17, 15) is 19.2 Å². The van der Waals surface area contributed by atoms with Crippen LogP contribution in [-0.2, 0) is 4.79 Å². The van der Waals surface area contributed by atoms with Gasteiger partial charge in [0.2, 0.25) is 5.91 Å². The molecule has 0 aliphatic carbocycles. The first-order chi connectivity index (χ1) is 14.0. The van der Waals surface area contributed by atoms with Gasteiger partial charge in [-0.3, -0.25) is 24.1 Å². The van der Waals surface area contributed by atoms with Crippen molar-refractivity contribution in [2.75, 3.05) is 13.1 Å². The number of carbonyl (C=O) groups is 4. The van der Waals surface area contributed by atoms with Crippen LogP contribution in [0.25, 0.3) is 0 Å². The summed E-state index contributed by atoms with van der Waals surface area (Å²) in [5.74, 6) is -1.22. The molecule has 1 atom stereocenters. The molecule has 1 unspecified atom stereocenters. The Balaban J connectivity index is 1.34. The summed E-state index contributed by atoms with van der Waals surface area (Å²) in [7, 11) is 0. The Morgan fingerprint density at radius 1 is 1.03 bits per heavy atom. The fourth-order valence-corrected chi connectivity index (χ4v) is 4.47. The van der Waals surface area contributed by atoms with E-state index in [0.29, 0.717) is 41.9 Å². The van der Waals surface area contributed by atoms with Crippen molar-refractivity contribution in [2.24, 2.45) is 0 Å². The summed E-state index contributed by atoms with van der Waals surface area (Å²) in [6, 6.07) is 9.27. The van der Waals surface area contributed by atoms with Crippen molar-refractivity contribution in [3.8, 4) is 0 Å². The fraction of sp³-hybridized carbons (Fsp3) is 0.333. The molecule has 1 saturated heterocycles. The van der Waals surface area contributed by atoms with Gasteiger partial charge in [-0.25, -0.2) is 0 Å². The highest BCUT2D eigenvalue weighted by atomic mass is 32.1. The first kappa shape index (κ1) is 19.3. The molecule has 1 N–H and O–H groups in total. The van der Waals surface area contributed by atoms with Crippen molar-refractivity contribution in [3.63, 3.8) is 0 Å². The SMILES string of the molecule is CC(C(=O)NC1CCN(C(=O)c2cccs2)CC1)N1C(=O)c2ccccc2C1=O. The number of hydrogen-bond donors (Lipinski definition) is 1. The van der Waals surface area contributed by atoms with Crippen LogP contribution in [0.15, 0.2) is 41.8 Å². The van der Waals surface area contributed by atoms with E-state index >= 15 is 0 Å². The molecule has 4 rings (SSSR count). The van der Waals surface area contributed by atoms with Gasteiger partial charge in [0, 0.05) is 19.1 Å². The Morgan fingerprint density at radius 2 is 1.66 bits per heavy atom. The van der Waals surface area contributed by atoms with Crippen molar-refractivity contribution < 1.29 is 19.2 Å². The number of nitrogens with one attached hydrogen (secondary N) is 1. The zero-order chi connectivity index (χ0) is 20.5. The minimum Gasteiger partial charge on any atom is -0.351 e. The Labute approximate surface area is 172 Å². The lowest BCUT2D eigenvalue weighted by atomic mass is 10.0. The van der Waals surface area contributed by atoms with E-state index in [0.717, 1.165) is 4.90 Å². The maximum atomic E-state index is 12.7. The number of carbonyl (C=O) groups excluding carboxylic acids is 4. The summed E-state index contributed by atoms with van der Waals surface area (Å²) < 4.78 is 0. The van der Waals surface area contributed by atoms with Gasteiger partial charge in [0.05, 0.1) is 16.0 Å². The third-order valence-corrected chi connectivity index (χ3v) is 6.31. The van der Waals surface area contributed by atoms with Crippen LogP contribution in [0.2, 0.25) is 0 Å². The lowest BCUT2D eigenvalue weighted by Crippen LogP contribution is -2.53. The second-order valence-corrected chi connectivity index (χ2v) is 8.20. The molecule has 0 saturated carbocycles. The maximum absolute atomic E-state index is 12.7. The van der Waals surface area contributed by atoms with Gasteiger partial charge in [-0.05, 0) is 43.3 Å². The maximum Gasteiger partial charge on any atom is 0.263 e. The molecular formula is C21H21N3O4S. The third-order valence-electron chi connectivity index (χ3n) is 5.45. The Morgan fingerprint density at radius 3 is 2.21 bits per heavy atom. The second-order valence-electron chi connectivity index (χ2n) is 7.25. The monoisotopic (exact) mass is 411 g/mol. The molecule has 0 radical (unpaired) electrons. The number of rotatable bonds is 4. The average molecular weight is 411 g/mol. The standard InChI is InChI=1S/C21H21N3O4S/c1-13(24-19(26)15-5-2-3-6-16(15)20(24)27)18(25)22-14-8-10-23(11-9-14)21(28)17-7-4-12-29-17/h2-7,12-14H,8-11H2,1H3,(H,22,25). The minimum absolute atomic E-state index is 0.0177. The second kappa shape index (κ2) is 7.79. The molecule has 4 amide bonds. The largest absolute Gasteiger partial charge is 0.351 e. The highest BCUT2D eigenvalue weighted by Gasteiger charge is 2.41. The van der Waals surface area contributed by atoms with Crippen LogP contribution >= 0.6 is 11.3 Å². The number of amides is 4. The van der Waals surface area contributed by atoms with Crippen LogP contribution in [0.5, 0.6) is 0 Å². The quantitative estimate of drug-likeness (QED) is 0.781. The summed E-state index contributed by atoms with van der Waals surface area (Å²) >= 11 is 1.42. The first-order valence-electron chi connectivity index (χ1n) is 9.57. The van der Waals surface area contributed by atoms with Crippen LogP contribution in [0, 0.1) is 0 Å². The highest BCUT2D eigenvalue weighted by Crippen LogP contribution is 2.25. The highest BCUT2D eigenvalue weighted by molar-refractivity contribution is 7.12. The number of thiophene rings is 1. The molecule has 1 aromatic carbocycles. The Hall–Kier alpha value is -3.00. The van der Waals surface area contributed by atoms with E-state index in [2.05, 4.69) is 5.32 Å². The van der Waals surface area contributed by atoms with Crippen molar-refractivity contribution in [2.45, 2.75) is 31.8 Å². The van der Waals surface area contributed by atoms with Gasteiger partial charge in [0.15, 0.2) is 0 Å². The van der Waals surface area contributed by atoms with Crippen LogP contribution in [0.3, 0.4) is 0 Å². The number of imide groups is 1. The van der Waals surface area contributed by atoms with E-state index in [4.69, 9.17) is 0 Å². The summed E-state index contributed by atoms with van der Waals surface area (Å²) in [5.41, 5.74) is 0.662. The minimum atomic E-state index is -0.895. The molecule has 1 fully saturated rings. The molecule has 2 aliphatic rings. The summed E-state index contributed by atoms with van der Waals surface area (Å²) in [5, 5.41) is 4.81. The van der Waals surface area contributed by atoms with Crippen LogP contribution in [0.4, 0.5) is 0 Å². The van der Waals surface area contributed by atoms with Gasteiger partial charge in [-0.15, -0.1) is 11.3 Å².